The van der Waals surface area contributed by atoms with Crippen LogP contribution in [0.5, 0.6) is 0 Å². The van der Waals surface area contributed by atoms with Crippen molar-refractivity contribution in [1.29, 1.82) is 0 Å². The van der Waals surface area contributed by atoms with Crippen molar-refractivity contribution in [3.05, 3.63) is 164 Å². The molecule has 9 aromatic rings. The van der Waals surface area contributed by atoms with Crippen molar-refractivity contribution in [2.24, 2.45) is 0 Å². The summed E-state index contributed by atoms with van der Waals surface area (Å²) in [4.78, 5) is 15.7. The second-order valence-corrected chi connectivity index (χ2v) is 12.4. The summed E-state index contributed by atoms with van der Waals surface area (Å²) in [5.41, 5.74) is 6.51. The fraction of sp³-hybridized carbons (Fsp3) is 0.0465. The van der Waals surface area contributed by atoms with Gasteiger partial charge in [0.05, 0.1) is 22.1 Å². The lowest BCUT2D eigenvalue weighted by molar-refractivity contribution is 0.750. The lowest BCUT2D eigenvalue weighted by Crippen LogP contribution is -2.11. The Morgan fingerprint density at radius 1 is 0.500 bits per heavy atom. The lowest BCUT2D eigenvalue weighted by Gasteiger charge is -2.16. The van der Waals surface area contributed by atoms with Crippen molar-refractivity contribution in [1.82, 2.24) is 24.1 Å². The molecule has 1 unspecified atom stereocenters. The molecule has 1 aliphatic carbocycles. The molecule has 0 aliphatic heterocycles. The molecule has 0 saturated heterocycles. The summed E-state index contributed by atoms with van der Waals surface area (Å²) < 4.78 is 4.71. The SMILES string of the molecule is C1=CCC(c2nc(-c3ccccc3)nc(-n3c4ccccc4c4c5ccccc5c5c6ccccc6n(-c6ccccc6)c5c43)n2)C=C1. The quantitative estimate of drug-likeness (QED) is 0.198. The fourth-order valence-corrected chi connectivity index (χ4v) is 7.58. The minimum Gasteiger partial charge on any atom is -0.307 e. The molecule has 0 saturated carbocycles. The van der Waals surface area contributed by atoms with E-state index in [-0.39, 0.29) is 5.92 Å². The molecule has 0 bridgehead atoms. The van der Waals surface area contributed by atoms with Gasteiger partial charge in [0.1, 0.15) is 5.82 Å². The first kappa shape index (κ1) is 26.8. The number of aromatic nitrogens is 5. The molecule has 3 heterocycles. The zero-order valence-corrected chi connectivity index (χ0v) is 26.0. The molecule has 1 aliphatic rings. The zero-order chi connectivity index (χ0) is 31.6. The van der Waals surface area contributed by atoms with Crippen molar-refractivity contribution in [2.75, 3.05) is 0 Å². The average molecular weight is 616 g/mol. The van der Waals surface area contributed by atoms with Gasteiger partial charge in [-0.25, -0.2) is 4.98 Å². The van der Waals surface area contributed by atoms with Crippen molar-refractivity contribution >= 4 is 54.4 Å². The van der Waals surface area contributed by atoms with Crippen LogP contribution in [-0.2, 0) is 0 Å². The third kappa shape index (κ3) is 3.94. The molecule has 0 spiro atoms. The fourth-order valence-electron chi connectivity index (χ4n) is 7.58. The largest absolute Gasteiger partial charge is 0.307 e. The van der Waals surface area contributed by atoms with Gasteiger partial charge >= 0.3 is 0 Å². The molecule has 226 valence electrons. The van der Waals surface area contributed by atoms with E-state index in [1.54, 1.807) is 0 Å². The molecule has 0 fully saturated rings. The standard InChI is InChI=1S/C43H29N5/c1-4-16-28(17-5-1)41-44-42(29-18-6-2-7-19-29)46-43(45-41)48-36-27-15-13-25-34(36)38-32-23-11-10-22-31(32)37-33-24-12-14-26-35(33)47(39(37)40(38)48)30-20-8-3-9-21-30/h1-18,20-27,29H,19H2. The molecule has 10 rings (SSSR count). The molecule has 48 heavy (non-hydrogen) atoms. The van der Waals surface area contributed by atoms with Gasteiger partial charge in [-0.2, -0.15) is 9.97 Å². The minimum absolute atomic E-state index is 0.0592. The van der Waals surface area contributed by atoms with Gasteiger partial charge in [-0.1, -0.05) is 133 Å². The van der Waals surface area contributed by atoms with Crippen LogP contribution in [0.1, 0.15) is 18.2 Å². The second kappa shape index (κ2) is 10.6. The van der Waals surface area contributed by atoms with E-state index in [1.165, 1.54) is 32.3 Å². The molecule has 5 nitrogen and oxygen atoms in total. The Kier molecular flexibility index (Phi) is 5.93. The summed E-state index contributed by atoms with van der Waals surface area (Å²) >= 11 is 0. The number of para-hydroxylation sites is 3. The van der Waals surface area contributed by atoms with E-state index in [9.17, 15) is 0 Å². The average Bonchev–Trinajstić information content (AvgIpc) is 3.70. The van der Waals surface area contributed by atoms with E-state index in [4.69, 9.17) is 15.0 Å². The second-order valence-electron chi connectivity index (χ2n) is 12.4. The van der Waals surface area contributed by atoms with Gasteiger partial charge in [0.15, 0.2) is 5.82 Å². The molecule has 0 N–H and O–H groups in total. The molecular formula is C43H29N5. The molecule has 0 radical (unpaired) electrons. The third-order valence-corrected chi connectivity index (χ3v) is 9.64. The van der Waals surface area contributed by atoms with Gasteiger partial charge in [-0.15, -0.1) is 0 Å². The van der Waals surface area contributed by atoms with Crippen LogP contribution < -0.4 is 0 Å². The Bertz CT molecular complexity index is 2750. The Balaban J connectivity index is 1.45. The molecular weight excluding hydrogens is 587 g/mol. The Hall–Kier alpha value is -6.33. The Labute approximate surface area is 276 Å². The number of fused-ring (bicyclic) bond motifs is 10. The van der Waals surface area contributed by atoms with Crippen LogP contribution >= 0.6 is 0 Å². The van der Waals surface area contributed by atoms with Crippen molar-refractivity contribution in [3.63, 3.8) is 0 Å². The van der Waals surface area contributed by atoms with Crippen LogP contribution in [0, 0.1) is 0 Å². The Morgan fingerprint density at radius 3 is 1.71 bits per heavy atom. The van der Waals surface area contributed by atoms with Gasteiger partial charge in [0.2, 0.25) is 5.95 Å². The lowest BCUT2D eigenvalue weighted by atomic mass is 9.98. The summed E-state index contributed by atoms with van der Waals surface area (Å²) in [6.45, 7) is 0. The highest BCUT2D eigenvalue weighted by molar-refractivity contribution is 6.36. The number of hydrogen-bond donors (Lipinski definition) is 0. The Morgan fingerprint density at radius 2 is 1.06 bits per heavy atom. The number of hydrogen-bond acceptors (Lipinski definition) is 3. The molecule has 1 atom stereocenters. The van der Waals surface area contributed by atoms with E-state index in [0.29, 0.717) is 11.8 Å². The highest BCUT2D eigenvalue weighted by atomic mass is 15.2. The van der Waals surface area contributed by atoms with Crippen molar-refractivity contribution < 1.29 is 0 Å². The summed E-state index contributed by atoms with van der Waals surface area (Å²) in [7, 11) is 0. The topological polar surface area (TPSA) is 48.5 Å². The van der Waals surface area contributed by atoms with E-state index >= 15 is 0 Å². The summed E-state index contributed by atoms with van der Waals surface area (Å²) in [6.07, 6.45) is 9.41. The third-order valence-electron chi connectivity index (χ3n) is 9.64. The first-order valence-electron chi connectivity index (χ1n) is 16.4. The first-order chi connectivity index (χ1) is 23.8. The summed E-state index contributed by atoms with van der Waals surface area (Å²) in [5, 5.41) is 7.24. The molecule has 5 heteroatoms. The van der Waals surface area contributed by atoms with Gasteiger partial charge in [0, 0.05) is 38.7 Å². The van der Waals surface area contributed by atoms with Crippen LogP contribution in [0.15, 0.2) is 158 Å². The first-order valence-corrected chi connectivity index (χ1v) is 16.4. The van der Waals surface area contributed by atoms with Crippen LogP contribution in [-0.4, -0.2) is 24.1 Å². The van der Waals surface area contributed by atoms with Crippen molar-refractivity contribution in [2.45, 2.75) is 12.3 Å². The number of rotatable bonds is 4. The maximum absolute atomic E-state index is 5.31. The maximum Gasteiger partial charge on any atom is 0.238 e. The van der Waals surface area contributed by atoms with E-state index in [1.807, 2.05) is 18.2 Å². The van der Waals surface area contributed by atoms with E-state index in [2.05, 4.69) is 149 Å². The molecule has 3 aromatic heterocycles. The monoisotopic (exact) mass is 615 g/mol. The van der Waals surface area contributed by atoms with Crippen LogP contribution in [0.4, 0.5) is 0 Å². The van der Waals surface area contributed by atoms with Gasteiger partial charge in [-0.3, -0.25) is 4.57 Å². The van der Waals surface area contributed by atoms with Gasteiger partial charge in [-0.05, 0) is 41.5 Å². The predicted molar refractivity (Wildman–Crippen MR) is 197 cm³/mol. The highest BCUT2D eigenvalue weighted by Gasteiger charge is 2.26. The van der Waals surface area contributed by atoms with Gasteiger partial charge < -0.3 is 4.57 Å². The molecule has 0 amide bonds. The minimum atomic E-state index is 0.0592. The predicted octanol–water partition coefficient (Wildman–Crippen LogP) is 10.5. The smallest absolute Gasteiger partial charge is 0.238 e. The normalized spacial score (nSPS) is 14.6. The van der Waals surface area contributed by atoms with Gasteiger partial charge in [0.25, 0.3) is 0 Å². The maximum atomic E-state index is 5.31. The number of benzene rings is 6. The van der Waals surface area contributed by atoms with Crippen molar-refractivity contribution in [3.8, 4) is 23.0 Å². The number of allylic oxidation sites excluding steroid dienone is 4. The summed E-state index contributed by atoms with van der Waals surface area (Å²) in [5.74, 6) is 2.12. The molecule has 6 aromatic carbocycles. The van der Waals surface area contributed by atoms with Crippen LogP contribution in [0.3, 0.4) is 0 Å². The van der Waals surface area contributed by atoms with Crippen LogP contribution in [0.2, 0.25) is 0 Å². The number of nitrogens with zero attached hydrogens (tertiary/aromatic N) is 5. The van der Waals surface area contributed by atoms with E-state index in [0.717, 1.165) is 45.6 Å². The van der Waals surface area contributed by atoms with E-state index < -0.39 is 0 Å². The zero-order valence-electron chi connectivity index (χ0n) is 26.0. The highest BCUT2D eigenvalue weighted by Crippen LogP contribution is 2.46. The summed E-state index contributed by atoms with van der Waals surface area (Å²) in [6, 6.07) is 47.2. The van der Waals surface area contributed by atoms with Crippen LogP contribution in [0.25, 0.3) is 77.4 Å².